The van der Waals surface area contributed by atoms with Crippen LogP contribution >= 0.6 is 0 Å². The number of nitrogens with zero attached hydrogens (tertiary/aromatic N) is 1. The zero-order valence-corrected chi connectivity index (χ0v) is 8.78. The largest absolute Gasteiger partial charge is 0.379 e. The predicted octanol–water partition coefficient (Wildman–Crippen LogP) is 1.50. The van der Waals surface area contributed by atoms with Crippen molar-refractivity contribution in [2.45, 2.75) is 6.54 Å². The summed E-state index contributed by atoms with van der Waals surface area (Å²) in [7, 11) is 0. The molecule has 2 rings (SSSR count). The number of rotatable bonds is 2. The molecule has 0 aliphatic carbocycles. The van der Waals surface area contributed by atoms with Gasteiger partial charge in [0.2, 0.25) is 0 Å². The van der Waals surface area contributed by atoms with Gasteiger partial charge < -0.3 is 4.74 Å². The molecule has 2 heteroatoms. The highest BCUT2D eigenvalue weighted by atomic mass is 16.5. The minimum atomic E-state index is 0.842. The maximum atomic E-state index is 5.37. The van der Waals surface area contributed by atoms with Crippen LogP contribution in [0.4, 0.5) is 0 Å². The van der Waals surface area contributed by atoms with Gasteiger partial charge in [-0.1, -0.05) is 18.1 Å². The fourth-order valence-corrected chi connectivity index (χ4v) is 1.78. The van der Waals surface area contributed by atoms with E-state index < -0.39 is 0 Å². The fraction of sp³-hybridized carbons (Fsp3) is 0.385. The smallest absolute Gasteiger partial charge is 0.0594 e. The van der Waals surface area contributed by atoms with E-state index in [1.807, 2.05) is 12.1 Å². The van der Waals surface area contributed by atoms with Gasteiger partial charge >= 0.3 is 0 Å². The summed E-state index contributed by atoms with van der Waals surface area (Å²) < 4.78 is 5.31. The number of ether oxygens (including phenoxy) is 1. The molecule has 1 aliphatic rings. The monoisotopic (exact) mass is 201 g/mol. The van der Waals surface area contributed by atoms with E-state index >= 15 is 0 Å². The normalized spacial score (nSPS) is 17.3. The maximum absolute atomic E-state index is 5.37. The Balaban J connectivity index is 2.00. The van der Waals surface area contributed by atoms with Gasteiger partial charge in [0.15, 0.2) is 0 Å². The summed E-state index contributed by atoms with van der Waals surface area (Å²) in [6.07, 6.45) is 5.37. The van der Waals surface area contributed by atoms with Gasteiger partial charge in [0.25, 0.3) is 0 Å². The third kappa shape index (κ3) is 2.82. The molecule has 1 aromatic rings. The number of morpholine rings is 1. The van der Waals surface area contributed by atoms with Crippen molar-refractivity contribution in [1.29, 1.82) is 0 Å². The molecule has 1 heterocycles. The van der Waals surface area contributed by atoms with Crippen LogP contribution in [0.1, 0.15) is 11.1 Å². The molecular formula is C13H15NO. The highest BCUT2D eigenvalue weighted by Crippen LogP contribution is 2.09. The summed E-state index contributed by atoms with van der Waals surface area (Å²) in [5.41, 5.74) is 2.24. The highest BCUT2D eigenvalue weighted by Gasteiger charge is 2.10. The molecule has 0 atom stereocenters. The summed E-state index contributed by atoms with van der Waals surface area (Å²) in [6, 6.07) is 8.18. The average Bonchev–Trinajstić information content (AvgIpc) is 2.31. The molecule has 0 saturated carbocycles. The first-order chi connectivity index (χ1) is 7.38. The zero-order valence-electron chi connectivity index (χ0n) is 8.78. The molecule has 15 heavy (non-hydrogen) atoms. The molecule has 1 fully saturated rings. The summed E-state index contributed by atoms with van der Waals surface area (Å²) in [5.74, 6) is 2.66. The number of hydrogen-bond donors (Lipinski definition) is 0. The molecule has 1 aliphatic heterocycles. The zero-order chi connectivity index (χ0) is 10.5. The van der Waals surface area contributed by atoms with Gasteiger partial charge in [-0.3, -0.25) is 4.90 Å². The van der Waals surface area contributed by atoms with E-state index in [-0.39, 0.29) is 0 Å². The van der Waals surface area contributed by atoms with Crippen LogP contribution in [-0.2, 0) is 11.3 Å². The summed E-state index contributed by atoms with van der Waals surface area (Å²) in [6.45, 7) is 4.68. The van der Waals surface area contributed by atoms with Crippen molar-refractivity contribution in [2.24, 2.45) is 0 Å². The second kappa shape index (κ2) is 4.97. The Kier molecular flexibility index (Phi) is 3.39. The molecule has 1 saturated heterocycles. The van der Waals surface area contributed by atoms with Crippen molar-refractivity contribution in [2.75, 3.05) is 26.3 Å². The second-order valence-corrected chi connectivity index (χ2v) is 3.73. The van der Waals surface area contributed by atoms with Crippen molar-refractivity contribution in [1.82, 2.24) is 4.90 Å². The lowest BCUT2D eigenvalue weighted by Crippen LogP contribution is -2.35. The minimum absolute atomic E-state index is 0.842. The van der Waals surface area contributed by atoms with Crippen molar-refractivity contribution in [3.05, 3.63) is 35.4 Å². The van der Waals surface area contributed by atoms with Gasteiger partial charge in [-0.25, -0.2) is 0 Å². The van der Waals surface area contributed by atoms with Crippen LogP contribution < -0.4 is 0 Å². The van der Waals surface area contributed by atoms with Gasteiger partial charge in [-0.2, -0.15) is 0 Å². The third-order valence-electron chi connectivity index (χ3n) is 2.60. The van der Waals surface area contributed by atoms with Crippen molar-refractivity contribution < 1.29 is 4.74 Å². The van der Waals surface area contributed by atoms with E-state index in [1.54, 1.807) is 0 Å². The lowest BCUT2D eigenvalue weighted by Gasteiger charge is -2.26. The topological polar surface area (TPSA) is 12.5 Å². The molecule has 0 radical (unpaired) electrons. The summed E-state index contributed by atoms with van der Waals surface area (Å²) >= 11 is 0. The highest BCUT2D eigenvalue weighted by molar-refractivity contribution is 5.35. The quantitative estimate of drug-likeness (QED) is 0.672. The van der Waals surface area contributed by atoms with Crippen LogP contribution in [0.5, 0.6) is 0 Å². The molecule has 2 nitrogen and oxygen atoms in total. The van der Waals surface area contributed by atoms with Gasteiger partial charge in [0, 0.05) is 25.2 Å². The molecular weight excluding hydrogens is 186 g/mol. The number of benzene rings is 1. The van der Waals surface area contributed by atoms with Crippen LogP contribution in [-0.4, -0.2) is 31.2 Å². The van der Waals surface area contributed by atoms with Crippen molar-refractivity contribution in [3.8, 4) is 12.3 Å². The maximum Gasteiger partial charge on any atom is 0.0594 e. The Labute approximate surface area is 90.9 Å². The standard InChI is InChI=1S/C13H15NO/c1-2-12-4-3-5-13(10-12)11-14-6-8-15-9-7-14/h1,3-5,10H,6-9,11H2. The predicted molar refractivity (Wildman–Crippen MR) is 60.5 cm³/mol. The van der Waals surface area contributed by atoms with Gasteiger partial charge in [-0.05, 0) is 17.7 Å². The third-order valence-corrected chi connectivity index (χ3v) is 2.60. The Morgan fingerprint density at radius 2 is 2.13 bits per heavy atom. The van der Waals surface area contributed by atoms with Gasteiger partial charge in [-0.15, -0.1) is 6.42 Å². The van der Waals surface area contributed by atoms with Crippen LogP contribution in [0.2, 0.25) is 0 Å². The second-order valence-electron chi connectivity index (χ2n) is 3.73. The molecule has 0 bridgehead atoms. The number of hydrogen-bond acceptors (Lipinski definition) is 2. The fourth-order valence-electron chi connectivity index (χ4n) is 1.78. The van der Waals surface area contributed by atoms with Gasteiger partial charge in [0.1, 0.15) is 0 Å². The SMILES string of the molecule is C#Cc1cccc(CN2CCOCC2)c1. The first kappa shape index (κ1) is 10.2. The lowest BCUT2D eigenvalue weighted by molar-refractivity contribution is 0.0342. The Bertz CT molecular complexity index is 361. The molecule has 0 amide bonds. The van der Waals surface area contributed by atoms with Gasteiger partial charge in [0.05, 0.1) is 13.2 Å². The minimum Gasteiger partial charge on any atom is -0.379 e. The molecule has 0 spiro atoms. The average molecular weight is 201 g/mol. The molecule has 0 N–H and O–H groups in total. The molecule has 78 valence electrons. The first-order valence-corrected chi connectivity index (χ1v) is 5.24. The van der Waals surface area contributed by atoms with Crippen LogP contribution in [0.15, 0.2) is 24.3 Å². The summed E-state index contributed by atoms with van der Waals surface area (Å²) in [5, 5.41) is 0. The van der Waals surface area contributed by atoms with E-state index in [2.05, 4.69) is 23.0 Å². The first-order valence-electron chi connectivity index (χ1n) is 5.24. The Hall–Kier alpha value is -1.30. The summed E-state index contributed by atoms with van der Waals surface area (Å²) in [4.78, 5) is 2.39. The van der Waals surface area contributed by atoms with E-state index in [0.29, 0.717) is 0 Å². The van der Waals surface area contributed by atoms with E-state index in [1.165, 1.54) is 5.56 Å². The van der Waals surface area contributed by atoms with E-state index in [0.717, 1.165) is 38.4 Å². The Morgan fingerprint density at radius 1 is 1.33 bits per heavy atom. The molecule has 0 unspecified atom stereocenters. The van der Waals surface area contributed by atoms with Crippen molar-refractivity contribution in [3.63, 3.8) is 0 Å². The van der Waals surface area contributed by atoms with Crippen molar-refractivity contribution >= 4 is 0 Å². The van der Waals surface area contributed by atoms with Crippen LogP contribution in [0, 0.1) is 12.3 Å². The van der Waals surface area contributed by atoms with E-state index in [4.69, 9.17) is 11.2 Å². The van der Waals surface area contributed by atoms with Crippen LogP contribution in [0.3, 0.4) is 0 Å². The Morgan fingerprint density at radius 3 is 2.87 bits per heavy atom. The number of terminal acetylenes is 1. The molecule has 1 aromatic carbocycles. The van der Waals surface area contributed by atoms with E-state index in [9.17, 15) is 0 Å². The lowest BCUT2D eigenvalue weighted by atomic mass is 10.1. The van der Waals surface area contributed by atoms with Crippen LogP contribution in [0.25, 0.3) is 0 Å². The molecule has 0 aromatic heterocycles.